The van der Waals surface area contributed by atoms with E-state index in [0.29, 0.717) is 5.92 Å². The number of aryl methyl sites for hydroxylation is 2. The third-order valence-electron chi connectivity index (χ3n) is 5.12. The molecule has 1 aliphatic rings. The summed E-state index contributed by atoms with van der Waals surface area (Å²) >= 11 is 0. The second-order valence-corrected chi connectivity index (χ2v) is 6.98. The molecule has 4 heterocycles. The van der Waals surface area contributed by atoms with Crippen molar-refractivity contribution in [2.45, 2.75) is 26.2 Å². The van der Waals surface area contributed by atoms with Crippen LogP contribution in [0.15, 0.2) is 41.6 Å². The van der Waals surface area contributed by atoms with E-state index < -0.39 is 0 Å². The quantitative estimate of drug-likeness (QED) is 0.738. The number of fused-ring (bicyclic) bond motifs is 1. The summed E-state index contributed by atoms with van der Waals surface area (Å²) in [6, 6.07) is 6.07. The first-order valence-corrected chi connectivity index (χ1v) is 8.83. The van der Waals surface area contributed by atoms with Gasteiger partial charge in [0, 0.05) is 50.1 Å². The average molecular weight is 337 g/mol. The molecule has 0 unspecified atom stereocenters. The molecule has 130 valence electrons. The number of aromatic nitrogens is 3. The van der Waals surface area contributed by atoms with E-state index >= 15 is 0 Å². The van der Waals surface area contributed by atoms with Crippen LogP contribution in [0.3, 0.4) is 0 Å². The van der Waals surface area contributed by atoms with Crippen LogP contribution in [0, 0.1) is 12.8 Å². The van der Waals surface area contributed by atoms with Crippen molar-refractivity contribution in [2.75, 3.05) is 13.2 Å². The van der Waals surface area contributed by atoms with Crippen molar-refractivity contribution in [3.63, 3.8) is 0 Å². The molecule has 3 aromatic rings. The molecule has 3 aromatic heterocycles. The molecule has 25 heavy (non-hydrogen) atoms. The van der Waals surface area contributed by atoms with Gasteiger partial charge in [-0.25, -0.2) is 4.98 Å². The molecule has 1 aliphatic heterocycles. The van der Waals surface area contributed by atoms with Crippen LogP contribution < -0.4 is 5.56 Å². The van der Waals surface area contributed by atoms with Gasteiger partial charge in [0.15, 0.2) is 0 Å². The molecule has 0 radical (unpaired) electrons. The van der Waals surface area contributed by atoms with Gasteiger partial charge >= 0.3 is 0 Å². The highest BCUT2D eigenvalue weighted by Gasteiger charge is 2.16. The van der Waals surface area contributed by atoms with Gasteiger partial charge in [-0.15, -0.1) is 0 Å². The zero-order valence-corrected chi connectivity index (χ0v) is 14.7. The summed E-state index contributed by atoms with van der Waals surface area (Å²) in [6.45, 7) is 3.59. The van der Waals surface area contributed by atoms with Crippen LogP contribution in [0.25, 0.3) is 16.8 Å². The summed E-state index contributed by atoms with van der Waals surface area (Å²) in [5.74, 6) is 0.664. The normalized spacial score (nSPS) is 15.8. The van der Waals surface area contributed by atoms with Gasteiger partial charge in [0.25, 0.3) is 5.56 Å². The molecule has 0 aromatic carbocycles. The summed E-state index contributed by atoms with van der Waals surface area (Å²) < 4.78 is 9.30. The van der Waals surface area contributed by atoms with Gasteiger partial charge in [-0.3, -0.25) is 4.79 Å². The van der Waals surface area contributed by atoms with Gasteiger partial charge in [0.05, 0.1) is 0 Å². The smallest absolute Gasteiger partial charge is 0.253 e. The van der Waals surface area contributed by atoms with E-state index in [9.17, 15) is 4.79 Å². The van der Waals surface area contributed by atoms with E-state index in [0.717, 1.165) is 54.8 Å². The third-order valence-corrected chi connectivity index (χ3v) is 5.12. The van der Waals surface area contributed by atoms with Crippen LogP contribution in [-0.4, -0.2) is 27.2 Å². The van der Waals surface area contributed by atoms with Crippen LogP contribution >= 0.6 is 0 Å². The molecule has 0 amide bonds. The number of nitrogens with zero attached hydrogens (tertiary/aromatic N) is 3. The lowest BCUT2D eigenvalue weighted by atomic mass is 9.95. The van der Waals surface area contributed by atoms with Crippen LogP contribution in [0.2, 0.25) is 0 Å². The maximum Gasteiger partial charge on any atom is 0.253 e. The minimum Gasteiger partial charge on any atom is -0.381 e. The third kappa shape index (κ3) is 3.12. The highest BCUT2D eigenvalue weighted by atomic mass is 16.5. The van der Waals surface area contributed by atoms with Gasteiger partial charge in [0.2, 0.25) is 0 Å². The standard InChI is InChI=1S/C20H23N3O2/c1-14-9-17(12-22(2)20(14)24)16-3-4-19-21-11-18(23(19)13-16)10-15-5-7-25-8-6-15/h3-4,9,11-13,15H,5-8,10H2,1-2H3. The summed E-state index contributed by atoms with van der Waals surface area (Å²) in [7, 11) is 1.80. The number of pyridine rings is 2. The lowest BCUT2D eigenvalue weighted by Gasteiger charge is -2.21. The second-order valence-electron chi connectivity index (χ2n) is 6.98. The predicted molar refractivity (Wildman–Crippen MR) is 97.9 cm³/mol. The van der Waals surface area contributed by atoms with E-state index in [4.69, 9.17) is 4.74 Å². The summed E-state index contributed by atoms with van der Waals surface area (Å²) in [6.07, 6.45) is 9.28. The lowest BCUT2D eigenvalue weighted by Crippen LogP contribution is -2.18. The van der Waals surface area contributed by atoms with Gasteiger partial charge in [-0.05, 0) is 61.4 Å². The van der Waals surface area contributed by atoms with Crippen molar-refractivity contribution in [1.29, 1.82) is 0 Å². The Morgan fingerprint density at radius 3 is 2.76 bits per heavy atom. The minimum atomic E-state index is 0.0488. The van der Waals surface area contributed by atoms with Gasteiger partial charge in [-0.2, -0.15) is 0 Å². The van der Waals surface area contributed by atoms with E-state index in [-0.39, 0.29) is 5.56 Å². The van der Waals surface area contributed by atoms with Crippen molar-refractivity contribution in [1.82, 2.24) is 14.0 Å². The molecule has 5 nitrogen and oxygen atoms in total. The Morgan fingerprint density at radius 2 is 2.00 bits per heavy atom. The first-order chi connectivity index (χ1) is 12.1. The minimum absolute atomic E-state index is 0.0488. The molecule has 0 spiro atoms. The molecule has 0 atom stereocenters. The predicted octanol–water partition coefficient (Wildman–Crippen LogP) is 2.98. The molecule has 0 aliphatic carbocycles. The maximum atomic E-state index is 11.9. The van der Waals surface area contributed by atoms with Crippen molar-refractivity contribution in [3.05, 3.63) is 58.4 Å². The zero-order chi connectivity index (χ0) is 17.4. The zero-order valence-electron chi connectivity index (χ0n) is 14.7. The Kier molecular flexibility index (Phi) is 4.17. The molecule has 1 saturated heterocycles. The maximum absolute atomic E-state index is 11.9. The van der Waals surface area contributed by atoms with E-state index in [1.54, 1.807) is 11.6 Å². The highest BCUT2D eigenvalue weighted by Crippen LogP contribution is 2.24. The Balaban J connectivity index is 1.72. The molecule has 1 fully saturated rings. The van der Waals surface area contributed by atoms with Crippen LogP contribution in [0.5, 0.6) is 0 Å². The molecular weight excluding hydrogens is 314 g/mol. The Labute approximate surface area is 146 Å². The summed E-state index contributed by atoms with van der Waals surface area (Å²) in [5.41, 5.74) is 5.16. The van der Waals surface area contributed by atoms with Crippen LogP contribution in [0.1, 0.15) is 24.1 Å². The monoisotopic (exact) mass is 337 g/mol. The number of ether oxygens (including phenoxy) is 1. The van der Waals surface area contributed by atoms with Gasteiger partial charge in [-0.1, -0.05) is 0 Å². The Bertz CT molecular complexity index is 938. The average Bonchev–Trinajstić information content (AvgIpc) is 3.02. The van der Waals surface area contributed by atoms with Crippen molar-refractivity contribution >= 4 is 5.65 Å². The van der Waals surface area contributed by atoms with E-state index in [1.165, 1.54) is 5.69 Å². The largest absolute Gasteiger partial charge is 0.381 e. The molecule has 4 rings (SSSR count). The van der Waals surface area contributed by atoms with Crippen LogP contribution in [-0.2, 0) is 18.2 Å². The number of rotatable bonds is 3. The number of hydrogen-bond donors (Lipinski definition) is 0. The van der Waals surface area contributed by atoms with E-state index in [1.807, 2.05) is 31.5 Å². The highest BCUT2D eigenvalue weighted by molar-refractivity contribution is 5.64. The fraction of sp³-hybridized carbons (Fsp3) is 0.400. The number of imidazole rings is 1. The number of hydrogen-bond acceptors (Lipinski definition) is 3. The first-order valence-electron chi connectivity index (χ1n) is 8.83. The molecule has 5 heteroatoms. The fourth-order valence-electron chi connectivity index (χ4n) is 3.63. The van der Waals surface area contributed by atoms with Crippen LogP contribution in [0.4, 0.5) is 0 Å². The van der Waals surface area contributed by atoms with Crippen molar-refractivity contribution in [3.8, 4) is 11.1 Å². The second kappa shape index (κ2) is 6.48. The summed E-state index contributed by atoms with van der Waals surface area (Å²) in [5, 5.41) is 0. The fourth-order valence-corrected chi connectivity index (χ4v) is 3.63. The topological polar surface area (TPSA) is 48.5 Å². The molecule has 0 bridgehead atoms. The molecular formula is C20H23N3O2. The SMILES string of the molecule is Cc1cc(-c2ccc3ncc(CC4CCOCC4)n3c2)cn(C)c1=O. The Morgan fingerprint density at radius 1 is 1.20 bits per heavy atom. The molecule has 0 N–H and O–H groups in total. The Hall–Kier alpha value is -2.40. The van der Waals surface area contributed by atoms with Gasteiger partial charge < -0.3 is 13.7 Å². The van der Waals surface area contributed by atoms with Crippen molar-refractivity contribution < 1.29 is 4.74 Å². The molecule has 0 saturated carbocycles. The lowest BCUT2D eigenvalue weighted by molar-refractivity contribution is 0.0662. The van der Waals surface area contributed by atoms with Gasteiger partial charge in [0.1, 0.15) is 5.65 Å². The first kappa shape index (κ1) is 16.1. The van der Waals surface area contributed by atoms with Crippen molar-refractivity contribution in [2.24, 2.45) is 13.0 Å². The van der Waals surface area contributed by atoms with E-state index in [2.05, 4.69) is 21.6 Å². The summed E-state index contributed by atoms with van der Waals surface area (Å²) in [4.78, 5) is 16.5.